The van der Waals surface area contributed by atoms with E-state index in [9.17, 15) is 9.59 Å². The molecule has 0 fully saturated rings. The minimum absolute atomic E-state index is 0.0372. The van der Waals surface area contributed by atoms with Crippen molar-refractivity contribution in [2.24, 2.45) is 0 Å². The van der Waals surface area contributed by atoms with Crippen LogP contribution in [0, 0.1) is 0 Å². The summed E-state index contributed by atoms with van der Waals surface area (Å²) in [6.07, 6.45) is 1.04. The van der Waals surface area contributed by atoms with Crippen LogP contribution in [0.15, 0.2) is 44.9 Å². The first-order valence-electron chi connectivity index (χ1n) is 8.72. The van der Waals surface area contributed by atoms with Gasteiger partial charge < -0.3 is 9.32 Å². The standard InChI is InChI=1S/C21H21NO3S/c1-12-11-21(2,3)22(4)16-10-17-13(8-14(12)16)9-15(20(24)25-17)19(23)18-6-5-7-26-18/h5-10,12H,11H2,1-4H3/t12-/m1/s1. The third kappa shape index (κ3) is 2.58. The number of nitrogens with zero attached hydrogens (tertiary/aromatic N) is 1. The minimum atomic E-state index is -0.582. The van der Waals surface area contributed by atoms with Crippen molar-refractivity contribution in [3.8, 4) is 0 Å². The molecular weight excluding hydrogens is 346 g/mol. The third-order valence-corrected chi connectivity index (χ3v) is 6.35. The highest BCUT2D eigenvalue weighted by Gasteiger charge is 2.34. The molecule has 1 aliphatic rings. The molecule has 3 aromatic rings. The molecule has 0 saturated carbocycles. The van der Waals surface area contributed by atoms with Gasteiger partial charge in [0.05, 0.1) is 4.88 Å². The predicted molar refractivity (Wildman–Crippen MR) is 106 cm³/mol. The van der Waals surface area contributed by atoms with Gasteiger partial charge in [-0.05, 0) is 55.3 Å². The van der Waals surface area contributed by atoms with Crippen LogP contribution in [0.3, 0.4) is 0 Å². The maximum Gasteiger partial charge on any atom is 0.347 e. The van der Waals surface area contributed by atoms with Crippen LogP contribution in [0.2, 0.25) is 0 Å². The normalized spacial score (nSPS) is 18.8. The van der Waals surface area contributed by atoms with Crippen molar-refractivity contribution < 1.29 is 9.21 Å². The van der Waals surface area contributed by atoms with Gasteiger partial charge in [0.15, 0.2) is 0 Å². The molecule has 0 spiro atoms. The smallest absolute Gasteiger partial charge is 0.347 e. The van der Waals surface area contributed by atoms with Gasteiger partial charge >= 0.3 is 5.63 Å². The molecule has 0 unspecified atom stereocenters. The Balaban J connectivity index is 1.90. The van der Waals surface area contributed by atoms with Crippen LogP contribution in [-0.2, 0) is 0 Å². The molecule has 2 aromatic heterocycles. The first-order chi connectivity index (χ1) is 12.3. The Morgan fingerprint density at radius 1 is 1.31 bits per heavy atom. The maximum atomic E-state index is 12.6. The Morgan fingerprint density at radius 3 is 2.77 bits per heavy atom. The second-order valence-electron chi connectivity index (χ2n) is 7.68. The van der Waals surface area contributed by atoms with E-state index in [1.54, 1.807) is 18.2 Å². The summed E-state index contributed by atoms with van der Waals surface area (Å²) < 4.78 is 5.53. The Bertz CT molecular complexity index is 1060. The van der Waals surface area contributed by atoms with Gasteiger partial charge in [-0.25, -0.2) is 4.79 Å². The molecule has 26 heavy (non-hydrogen) atoms. The topological polar surface area (TPSA) is 50.5 Å². The van der Waals surface area contributed by atoms with Crippen LogP contribution in [0.25, 0.3) is 11.0 Å². The van der Waals surface area contributed by atoms with Crippen LogP contribution in [0.4, 0.5) is 5.69 Å². The quantitative estimate of drug-likeness (QED) is 0.482. The number of carbonyl (C=O) groups excluding carboxylic acids is 1. The largest absolute Gasteiger partial charge is 0.422 e. The van der Waals surface area contributed by atoms with E-state index >= 15 is 0 Å². The van der Waals surface area contributed by atoms with Crippen LogP contribution in [0.1, 0.15) is 53.9 Å². The SMILES string of the molecule is C[C@@H]1CC(C)(C)N(C)c2cc3oc(=O)c(C(=O)c4cccs4)cc3cc21. The highest BCUT2D eigenvalue weighted by Crippen LogP contribution is 2.43. The number of benzene rings is 1. The predicted octanol–water partition coefficient (Wildman–Crippen LogP) is 4.81. The molecule has 0 aliphatic carbocycles. The monoisotopic (exact) mass is 367 g/mol. The summed E-state index contributed by atoms with van der Waals surface area (Å²) in [5, 5.41) is 2.62. The molecule has 0 N–H and O–H groups in total. The molecule has 1 aliphatic heterocycles. The number of hydrogen-bond acceptors (Lipinski definition) is 5. The lowest BCUT2D eigenvalue weighted by Gasteiger charge is -2.45. The Labute approximate surface area is 156 Å². The summed E-state index contributed by atoms with van der Waals surface area (Å²) in [6.45, 7) is 6.65. The highest BCUT2D eigenvalue weighted by molar-refractivity contribution is 7.12. The number of carbonyl (C=O) groups is 1. The van der Waals surface area contributed by atoms with Gasteiger partial charge in [-0.1, -0.05) is 13.0 Å². The van der Waals surface area contributed by atoms with Crippen LogP contribution >= 0.6 is 11.3 Å². The van der Waals surface area contributed by atoms with Gasteiger partial charge in [-0.15, -0.1) is 11.3 Å². The summed E-state index contributed by atoms with van der Waals surface area (Å²) in [6, 6.07) is 9.20. The zero-order valence-electron chi connectivity index (χ0n) is 15.3. The minimum Gasteiger partial charge on any atom is -0.422 e. The Kier molecular flexibility index (Phi) is 3.81. The molecule has 134 valence electrons. The van der Waals surface area contributed by atoms with E-state index in [2.05, 4.69) is 38.8 Å². The fraction of sp³-hybridized carbons (Fsp3) is 0.333. The van der Waals surface area contributed by atoms with Crippen LogP contribution in [-0.4, -0.2) is 18.4 Å². The molecule has 0 radical (unpaired) electrons. The lowest BCUT2D eigenvalue weighted by molar-refractivity contribution is 0.103. The molecular formula is C21H21NO3S. The summed E-state index contributed by atoms with van der Waals surface area (Å²) in [5.74, 6) is 0.114. The Morgan fingerprint density at radius 2 is 2.08 bits per heavy atom. The van der Waals surface area contributed by atoms with E-state index < -0.39 is 5.63 Å². The number of thiophene rings is 1. The van der Waals surface area contributed by atoms with Crippen LogP contribution in [0.5, 0.6) is 0 Å². The molecule has 5 heteroatoms. The van der Waals surface area contributed by atoms with Crippen molar-refractivity contribution >= 4 is 33.8 Å². The highest BCUT2D eigenvalue weighted by atomic mass is 32.1. The van der Waals surface area contributed by atoms with E-state index in [0.29, 0.717) is 16.4 Å². The molecule has 0 bridgehead atoms. The molecule has 4 nitrogen and oxygen atoms in total. The van der Waals surface area contributed by atoms with Crippen molar-refractivity contribution in [3.63, 3.8) is 0 Å². The number of anilines is 1. The van der Waals surface area contributed by atoms with Gasteiger partial charge in [0.25, 0.3) is 0 Å². The van der Waals surface area contributed by atoms with E-state index in [-0.39, 0.29) is 16.9 Å². The van der Waals surface area contributed by atoms with Crippen LogP contribution < -0.4 is 10.5 Å². The van der Waals surface area contributed by atoms with E-state index in [0.717, 1.165) is 17.5 Å². The number of ketones is 1. The second-order valence-corrected chi connectivity index (χ2v) is 8.63. The second kappa shape index (κ2) is 5.81. The zero-order valence-corrected chi connectivity index (χ0v) is 16.1. The number of rotatable bonds is 2. The molecule has 4 rings (SSSR count). The van der Waals surface area contributed by atoms with Crippen molar-refractivity contribution in [1.29, 1.82) is 0 Å². The van der Waals surface area contributed by atoms with Gasteiger partial charge in [0, 0.05) is 29.7 Å². The molecule has 0 amide bonds. The fourth-order valence-corrected chi connectivity index (χ4v) is 4.56. The van der Waals surface area contributed by atoms with E-state index in [1.807, 2.05) is 11.4 Å². The van der Waals surface area contributed by atoms with Crippen molar-refractivity contribution in [3.05, 3.63) is 62.1 Å². The first kappa shape index (κ1) is 17.0. The van der Waals surface area contributed by atoms with E-state index in [4.69, 9.17) is 4.42 Å². The summed E-state index contributed by atoms with van der Waals surface area (Å²) in [7, 11) is 2.07. The van der Waals surface area contributed by atoms with Gasteiger partial charge in [0.1, 0.15) is 11.1 Å². The Hall–Kier alpha value is -2.40. The summed E-state index contributed by atoms with van der Waals surface area (Å²) >= 11 is 1.33. The van der Waals surface area contributed by atoms with Gasteiger partial charge in [-0.3, -0.25) is 4.79 Å². The molecule has 1 aromatic carbocycles. The molecule has 3 heterocycles. The van der Waals surface area contributed by atoms with Crippen molar-refractivity contribution in [1.82, 2.24) is 0 Å². The maximum absolute atomic E-state index is 12.6. The summed E-state index contributed by atoms with van der Waals surface area (Å²) in [4.78, 5) is 27.8. The van der Waals surface area contributed by atoms with E-state index in [1.165, 1.54) is 16.9 Å². The number of fused-ring (bicyclic) bond motifs is 2. The fourth-order valence-electron chi connectivity index (χ4n) is 3.88. The third-order valence-electron chi connectivity index (χ3n) is 5.48. The average Bonchev–Trinajstić information content (AvgIpc) is 3.12. The lowest BCUT2D eigenvalue weighted by atomic mass is 9.80. The lowest BCUT2D eigenvalue weighted by Crippen LogP contribution is -2.45. The number of hydrogen-bond donors (Lipinski definition) is 0. The molecule has 1 atom stereocenters. The molecule has 0 saturated heterocycles. The summed E-state index contributed by atoms with van der Waals surface area (Å²) in [5.41, 5.74) is 2.38. The first-order valence-corrected chi connectivity index (χ1v) is 9.60. The van der Waals surface area contributed by atoms with Crippen molar-refractivity contribution in [2.75, 3.05) is 11.9 Å². The van der Waals surface area contributed by atoms with Crippen molar-refractivity contribution in [2.45, 2.75) is 38.6 Å². The van der Waals surface area contributed by atoms with Gasteiger partial charge in [-0.2, -0.15) is 0 Å². The van der Waals surface area contributed by atoms with Gasteiger partial charge in [0.2, 0.25) is 5.78 Å². The average molecular weight is 367 g/mol. The zero-order chi connectivity index (χ0) is 18.6.